The van der Waals surface area contributed by atoms with E-state index in [-0.39, 0.29) is 17.9 Å². The summed E-state index contributed by atoms with van der Waals surface area (Å²) in [4.78, 5) is 7.22. The number of alkyl halides is 3. The first-order valence-corrected chi connectivity index (χ1v) is 5.95. The Labute approximate surface area is 119 Å². The number of methoxy groups -OCH3 is 1. The Morgan fingerprint density at radius 1 is 1.29 bits per heavy atom. The maximum Gasteiger partial charge on any atom is 0.433 e. The van der Waals surface area contributed by atoms with E-state index in [2.05, 4.69) is 15.3 Å². The zero-order chi connectivity index (χ0) is 15.5. The minimum Gasteiger partial charge on any atom is -0.481 e. The van der Waals surface area contributed by atoms with E-state index in [1.807, 2.05) is 0 Å². The number of nitrogens with two attached hydrogens (primary N) is 1. The van der Waals surface area contributed by atoms with Gasteiger partial charge in [0.25, 0.3) is 0 Å². The molecular weight excluding hydrogens is 285 g/mol. The predicted octanol–water partition coefficient (Wildman–Crippen LogP) is 2.70. The van der Waals surface area contributed by atoms with Gasteiger partial charge in [-0.1, -0.05) is 0 Å². The van der Waals surface area contributed by atoms with Crippen LogP contribution >= 0.6 is 0 Å². The maximum atomic E-state index is 12.6. The molecule has 2 aromatic rings. The van der Waals surface area contributed by atoms with Gasteiger partial charge in [0.2, 0.25) is 5.88 Å². The van der Waals surface area contributed by atoms with E-state index in [9.17, 15) is 13.2 Å². The highest BCUT2D eigenvalue weighted by atomic mass is 19.4. The summed E-state index contributed by atoms with van der Waals surface area (Å²) in [5.74, 6) is 0.424. The van der Waals surface area contributed by atoms with Gasteiger partial charge in [-0.3, -0.25) is 0 Å². The molecule has 5 nitrogen and oxygen atoms in total. The molecule has 0 spiro atoms. The molecule has 0 saturated heterocycles. The molecule has 2 aromatic heterocycles. The SMILES string of the molecule is COc1cc(CNc2cc(C(F)(F)F)ncc2N)ccn1. The zero-order valence-electron chi connectivity index (χ0n) is 11.1. The number of hydrogen-bond acceptors (Lipinski definition) is 5. The molecule has 0 saturated carbocycles. The number of anilines is 2. The van der Waals surface area contributed by atoms with E-state index >= 15 is 0 Å². The molecule has 0 aliphatic heterocycles. The van der Waals surface area contributed by atoms with Crippen LogP contribution in [0.15, 0.2) is 30.6 Å². The highest BCUT2D eigenvalue weighted by Crippen LogP contribution is 2.31. The summed E-state index contributed by atoms with van der Waals surface area (Å²) in [6, 6.07) is 4.28. The summed E-state index contributed by atoms with van der Waals surface area (Å²) >= 11 is 0. The van der Waals surface area contributed by atoms with Gasteiger partial charge in [-0.25, -0.2) is 9.97 Å². The molecule has 2 rings (SSSR count). The Balaban J connectivity index is 2.15. The summed E-state index contributed by atoms with van der Waals surface area (Å²) in [6.07, 6.45) is -1.98. The van der Waals surface area contributed by atoms with Crippen LogP contribution in [0.3, 0.4) is 0 Å². The van der Waals surface area contributed by atoms with Gasteiger partial charge in [-0.05, 0) is 17.7 Å². The lowest BCUT2D eigenvalue weighted by atomic mass is 10.2. The van der Waals surface area contributed by atoms with Crippen molar-refractivity contribution in [2.24, 2.45) is 0 Å². The van der Waals surface area contributed by atoms with Crippen molar-refractivity contribution in [3.8, 4) is 5.88 Å². The third kappa shape index (κ3) is 3.74. The lowest BCUT2D eigenvalue weighted by Gasteiger charge is -2.12. The standard InChI is InChI=1S/C13H13F3N4O/c1-21-12-4-8(2-3-18-12)6-19-10-5-11(13(14,15)16)20-7-9(10)17/h2-5,7H,6,17H2,1H3,(H,19,20). The Morgan fingerprint density at radius 3 is 2.71 bits per heavy atom. The molecule has 0 unspecified atom stereocenters. The second-order valence-electron chi connectivity index (χ2n) is 4.21. The first kappa shape index (κ1) is 14.9. The Morgan fingerprint density at radius 2 is 2.05 bits per heavy atom. The molecule has 0 radical (unpaired) electrons. The number of aromatic nitrogens is 2. The number of nitrogens with one attached hydrogen (secondary N) is 1. The molecule has 2 heterocycles. The second-order valence-corrected chi connectivity index (χ2v) is 4.21. The molecule has 0 bridgehead atoms. The highest BCUT2D eigenvalue weighted by molar-refractivity contribution is 5.65. The first-order valence-electron chi connectivity index (χ1n) is 5.95. The molecule has 0 amide bonds. The first-order chi connectivity index (χ1) is 9.90. The number of ether oxygens (including phenoxy) is 1. The van der Waals surface area contributed by atoms with Crippen molar-refractivity contribution in [3.63, 3.8) is 0 Å². The largest absolute Gasteiger partial charge is 0.481 e. The smallest absolute Gasteiger partial charge is 0.433 e. The van der Waals surface area contributed by atoms with E-state index in [1.165, 1.54) is 7.11 Å². The van der Waals surface area contributed by atoms with E-state index in [4.69, 9.17) is 10.5 Å². The fourth-order valence-electron chi connectivity index (χ4n) is 1.64. The molecule has 0 fully saturated rings. The van der Waals surface area contributed by atoms with Crippen LogP contribution in [0.4, 0.5) is 24.5 Å². The quantitative estimate of drug-likeness (QED) is 0.908. The van der Waals surface area contributed by atoms with Gasteiger partial charge in [0.15, 0.2) is 0 Å². The molecule has 3 N–H and O–H groups in total. The normalized spacial score (nSPS) is 11.2. The number of halogens is 3. The van der Waals surface area contributed by atoms with Crippen molar-refractivity contribution in [3.05, 3.63) is 41.9 Å². The molecule has 0 atom stereocenters. The Hall–Kier alpha value is -2.51. The van der Waals surface area contributed by atoms with E-state index in [0.29, 0.717) is 5.88 Å². The van der Waals surface area contributed by atoms with Crippen LogP contribution in [0.25, 0.3) is 0 Å². The van der Waals surface area contributed by atoms with Gasteiger partial charge in [0.1, 0.15) is 5.69 Å². The number of pyridine rings is 2. The van der Waals surface area contributed by atoms with Crippen LogP contribution in [0.1, 0.15) is 11.3 Å². The van der Waals surface area contributed by atoms with Crippen LogP contribution in [0.5, 0.6) is 5.88 Å². The van der Waals surface area contributed by atoms with Crippen molar-refractivity contribution in [2.75, 3.05) is 18.2 Å². The Bertz CT molecular complexity index is 631. The van der Waals surface area contributed by atoms with E-state index < -0.39 is 11.9 Å². The van der Waals surface area contributed by atoms with Crippen molar-refractivity contribution >= 4 is 11.4 Å². The summed E-state index contributed by atoms with van der Waals surface area (Å²) in [6.45, 7) is 0.282. The van der Waals surface area contributed by atoms with Gasteiger partial charge in [-0.15, -0.1) is 0 Å². The average molecular weight is 298 g/mol. The maximum absolute atomic E-state index is 12.6. The molecule has 0 aromatic carbocycles. The van der Waals surface area contributed by atoms with E-state index in [1.54, 1.807) is 18.3 Å². The number of nitrogen functional groups attached to an aromatic ring is 1. The number of rotatable bonds is 4. The molecule has 21 heavy (non-hydrogen) atoms. The summed E-state index contributed by atoms with van der Waals surface area (Å²) in [5, 5.41) is 2.84. The second kappa shape index (κ2) is 5.86. The van der Waals surface area contributed by atoms with Gasteiger partial charge < -0.3 is 15.8 Å². The topological polar surface area (TPSA) is 73.1 Å². The summed E-state index contributed by atoms with van der Waals surface area (Å²) in [7, 11) is 1.48. The van der Waals surface area contributed by atoms with Crippen LogP contribution in [-0.2, 0) is 12.7 Å². The van der Waals surface area contributed by atoms with Gasteiger partial charge in [0, 0.05) is 18.8 Å². The fraction of sp³-hybridized carbons (Fsp3) is 0.231. The third-order valence-electron chi connectivity index (χ3n) is 2.72. The van der Waals surface area contributed by atoms with Crippen molar-refractivity contribution in [2.45, 2.75) is 12.7 Å². The lowest BCUT2D eigenvalue weighted by Crippen LogP contribution is -2.11. The third-order valence-corrected chi connectivity index (χ3v) is 2.72. The van der Waals surface area contributed by atoms with Crippen molar-refractivity contribution < 1.29 is 17.9 Å². The average Bonchev–Trinajstić information content (AvgIpc) is 2.45. The molecule has 0 aliphatic rings. The molecular formula is C13H13F3N4O. The van der Waals surface area contributed by atoms with E-state index in [0.717, 1.165) is 17.8 Å². The van der Waals surface area contributed by atoms with Crippen LogP contribution in [0, 0.1) is 0 Å². The molecule has 0 aliphatic carbocycles. The summed E-state index contributed by atoms with van der Waals surface area (Å²) < 4.78 is 42.8. The number of hydrogen-bond donors (Lipinski definition) is 2. The molecule has 112 valence electrons. The van der Waals surface area contributed by atoms with Crippen LogP contribution < -0.4 is 15.8 Å². The molecule has 8 heteroatoms. The van der Waals surface area contributed by atoms with Crippen molar-refractivity contribution in [1.82, 2.24) is 9.97 Å². The zero-order valence-corrected chi connectivity index (χ0v) is 11.1. The minimum atomic E-state index is -4.51. The Kier molecular flexibility index (Phi) is 4.15. The van der Waals surface area contributed by atoms with Gasteiger partial charge in [-0.2, -0.15) is 13.2 Å². The fourth-order valence-corrected chi connectivity index (χ4v) is 1.64. The van der Waals surface area contributed by atoms with Gasteiger partial charge >= 0.3 is 6.18 Å². The van der Waals surface area contributed by atoms with Gasteiger partial charge in [0.05, 0.1) is 24.7 Å². The van der Waals surface area contributed by atoms with Crippen LogP contribution in [0.2, 0.25) is 0 Å². The lowest BCUT2D eigenvalue weighted by molar-refractivity contribution is -0.141. The summed E-state index contributed by atoms with van der Waals surface area (Å²) in [5.41, 5.74) is 5.74. The van der Waals surface area contributed by atoms with Crippen molar-refractivity contribution in [1.29, 1.82) is 0 Å². The van der Waals surface area contributed by atoms with Crippen LogP contribution in [-0.4, -0.2) is 17.1 Å². The predicted molar refractivity (Wildman–Crippen MR) is 71.8 cm³/mol. The minimum absolute atomic E-state index is 0.143. The highest BCUT2D eigenvalue weighted by Gasteiger charge is 2.32. The number of nitrogens with zero attached hydrogens (tertiary/aromatic N) is 2. The monoisotopic (exact) mass is 298 g/mol.